The number of likely N-dealkylation sites (N-methyl/N-ethyl adjacent to an activating group) is 1. The number of rotatable bonds is 2. The smallest absolute Gasteiger partial charge is 0.255 e. The van der Waals surface area contributed by atoms with E-state index in [1.807, 2.05) is 0 Å². The van der Waals surface area contributed by atoms with Crippen LogP contribution in [0.15, 0.2) is 18.2 Å². The second-order valence-electron chi connectivity index (χ2n) is 4.35. The first-order valence-electron chi connectivity index (χ1n) is 6.08. The Morgan fingerprint density at radius 2 is 2.00 bits per heavy atom. The van der Waals surface area contributed by atoms with Gasteiger partial charge >= 0.3 is 0 Å². The van der Waals surface area contributed by atoms with Gasteiger partial charge in [0.25, 0.3) is 5.91 Å². The predicted molar refractivity (Wildman–Crippen MR) is 69.4 cm³/mol. The van der Waals surface area contributed by atoms with E-state index in [2.05, 4.69) is 11.8 Å². The highest BCUT2D eigenvalue weighted by Gasteiger charge is 2.22. The Morgan fingerprint density at radius 3 is 2.56 bits per heavy atom. The normalized spacial score (nSPS) is 16.9. The zero-order valence-corrected chi connectivity index (χ0v) is 11.1. The van der Waals surface area contributed by atoms with Crippen molar-refractivity contribution in [1.29, 1.82) is 0 Å². The zero-order valence-electron chi connectivity index (χ0n) is 10.3. The SMILES string of the molecule is CCN1CCN(C(=O)c2ccc(F)cc2Cl)CC1. The molecule has 0 aromatic heterocycles. The number of carbonyl (C=O) groups excluding carboxylic acids is 1. The summed E-state index contributed by atoms with van der Waals surface area (Å²) in [6, 6.07) is 3.89. The molecule has 1 aromatic rings. The molecular weight excluding hydrogens is 255 g/mol. The van der Waals surface area contributed by atoms with E-state index in [9.17, 15) is 9.18 Å². The number of hydrogen-bond donors (Lipinski definition) is 0. The lowest BCUT2D eigenvalue weighted by molar-refractivity contribution is 0.0643. The minimum Gasteiger partial charge on any atom is -0.336 e. The molecule has 0 N–H and O–H groups in total. The molecule has 3 nitrogen and oxygen atoms in total. The van der Waals surface area contributed by atoms with E-state index in [1.54, 1.807) is 4.90 Å². The van der Waals surface area contributed by atoms with Gasteiger partial charge in [-0.3, -0.25) is 4.79 Å². The summed E-state index contributed by atoms with van der Waals surface area (Å²) < 4.78 is 12.9. The highest BCUT2D eigenvalue weighted by atomic mass is 35.5. The lowest BCUT2D eigenvalue weighted by atomic mass is 10.1. The maximum absolute atomic E-state index is 12.9. The molecule has 1 aliphatic heterocycles. The summed E-state index contributed by atoms with van der Waals surface area (Å²) in [6.45, 7) is 6.25. The van der Waals surface area contributed by atoms with E-state index in [-0.39, 0.29) is 10.9 Å². The third kappa shape index (κ3) is 2.82. The predicted octanol–water partition coefficient (Wildman–Crippen LogP) is 2.26. The number of nitrogens with zero attached hydrogens (tertiary/aromatic N) is 2. The molecule has 1 aliphatic rings. The molecule has 1 amide bonds. The van der Waals surface area contributed by atoms with Gasteiger partial charge in [0.15, 0.2) is 0 Å². The Balaban J connectivity index is 2.08. The summed E-state index contributed by atoms with van der Waals surface area (Å²) >= 11 is 5.90. The van der Waals surface area contributed by atoms with E-state index < -0.39 is 5.82 Å². The first-order valence-corrected chi connectivity index (χ1v) is 6.46. The Morgan fingerprint density at radius 1 is 1.33 bits per heavy atom. The van der Waals surface area contributed by atoms with Gasteiger partial charge in [0, 0.05) is 26.2 Å². The second-order valence-corrected chi connectivity index (χ2v) is 4.76. The molecule has 1 aromatic carbocycles. The number of piperazine rings is 1. The van der Waals surface area contributed by atoms with Gasteiger partial charge in [-0.25, -0.2) is 4.39 Å². The Hall–Kier alpha value is -1.13. The molecule has 0 unspecified atom stereocenters. The molecule has 0 saturated carbocycles. The first-order chi connectivity index (χ1) is 8.61. The quantitative estimate of drug-likeness (QED) is 0.823. The van der Waals surface area contributed by atoms with Crippen LogP contribution in [-0.4, -0.2) is 48.4 Å². The Bertz CT molecular complexity index is 445. The van der Waals surface area contributed by atoms with Gasteiger partial charge in [-0.15, -0.1) is 0 Å². The standard InChI is InChI=1S/C13H16ClFN2O/c1-2-16-5-7-17(8-6-16)13(18)11-4-3-10(15)9-12(11)14/h3-4,9H,2,5-8H2,1H3. The van der Waals surface area contributed by atoms with Crippen molar-refractivity contribution in [3.8, 4) is 0 Å². The number of halogens is 2. The molecule has 2 rings (SSSR count). The molecule has 1 fully saturated rings. The van der Waals surface area contributed by atoms with Gasteiger partial charge in [-0.1, -0.05) is 18.5 Å². The van der Waals surface area contributed by atoms with Crippen LogP contribution >= 0.6 is 11.6 Å². The molecule has 0 spiro atoms. The molecule has 18 heavy (non-hydrogen) atoms. The van der Waals surface area contributed by atoms with E-state index in [0.29, 0.717) is 18.7 Å². The van der Waals surface area contributed by atoms with Gasteiger partial charge in [-0.05, 0) is 24.7 Å². The highest BCUT2D eigenvalue weighted by molar-refractivity contribution is 6.33. The van der Waals surface area contributed by atoms with Crippen LogP contribution in [0.1, 0.15) is 17.3 Å². The van der Waals surface area contributed by atoms with E-state index in [0.717, 1.165) is 19.6 Å². The van der Waals surface area contributed by atoms with Crippen LogP contribution in [-0.2, 0) is 0 Å². The highest BCUT2D eigenvalue weighted by Crippen LogP contribution is 2.19. The minimum atomic E-state index is -0.424. The van der Waals surface area contributed by atoms with Crippen molar-refractivity contribution in [2.24, 2.45) is 0 Å². The van der Waals surface area contributed by atoms with Gasteiger partial charge in [0.2, 0.25) is 0 Å². The second kappa shape index (κ2) is 5.67. The third-order valence-electron chi connectivity index (χ3n) is 3.27. The summed E-state index contributed by atoms with van der Waals surface area (Å²) in [5.41, 5.74) is 0.378. The van der Waals surface area contributed by atoms with Crippen molar-refractivity contribution >= 4 is 17.5 Å². The average molecular weight is 271 g/mol. The van der Waals surface area contributed by atoms with Crippen molar-refractivity contribution in [2.75, 3.05) is 32.7 Å². The van der Waals surface area contributed by atoms with Crippen LogP contribution in [0.25, 0.3) is 0 Å². The van der Waals surface area contributed by atoms with Gasteiger partial charge in [0.1, 0.15) is 5.82 Å². The summed E-state index contributed by atoms with van der Waals surface area (Å²) in [5, 5.41) is 0.179. The zero-order chi connectivity index (χ0) is 13.1. The van der Waals surface area contributed by atoms with Crippen molar-refractivity contribution in [1.82, 2.24) is 9.80 Å². The Kier molecular flexibility index (Phi) is 4.19. The number of carbonyl (C=O) groups is 1. The number of hydrogen-bond acceptors (Lipinski definition) is 2. The maximum Gasteiger partial charge on any atom is 0.255 e. The molecule has 0 atom stereocenters. The minimum absolute atomic E-state index is 0.115. The van der Waals surface area contributed by atoms with Crippen LogP contribution in [0.4, 0.5) is 4.39 Å². The first kappa shape index (κ1) is 13.3. The van der Waals surface area contributed by atoms with E-state index in [4.69, 9.17) is 11.6 Å². The van der Waals surface area contributed by atoms with Crippen LogP contribution in [0.5, 0.6) is 0 Å². The largest absolute Gasteiger partial charge is 0.336 e. The molecule has 1 heterocycles. The average Bonchev–Trinajstić information content (AvgIpc) is 2.38. The number of benzene rings is 1. The van der Waals surface area contributed by atoms with E-state index >= 15 is 0 Å². The van der Waals surface area contributed by atoms with Crippen molar-refractivity contribution in [3.63, 3.8) is 0 Å². The van der Waals surface area contributed by atoms with Crippen LogP contribution < -0.4 is 0 Å². The van der Waals surface area contributed by atoms with Crippen LogP contribution in [0.3, 0.4) is 0 Å². The lowest BCUT2D eigenvalue weighted by Crippen LogP contribution is -2.48. The maximum atomic E-state index is 12.9. The summed E-state index contributed by atoms with van der Waals surface area (Å²) in [6.07, 6.45) is 0. The lowest BCUT2D eigenvalue weighted by Gasteiger charge is -2.34. The third-order valence-corrected chi connectivity index (χ3v) is 3.58. The molecule has 1 saturated heterocycles. The fourth-order valence-electron chi connectivity index (χ4n) is 2.10. The molecule has 0 radical (unpaired) electrons. The fourth-order valence-corrected chi connectivity index (χ4v) is 2.35. The summed E-state index contributed by atoms with van der Waals surface area (Å²) in [5.74, 6) is -0.539. The summed E-state index contributed by atoms with van der Waals surface area (Å²) in [4.78, 5) is 16.3. The molecule has 0 aliphatic carbocycles. The van der Waals surface area contributed by atoms with Crippen LogP contribution in [0.2, 0.25) is 5.02 Å². The van der Waals surface area contributed by atoms with Crippen molar-refractivity contribution in [3.05, 3.63) is 34.6 Å². The molecule has 98 valence electrons. The topological polar surface area (TPSA) is 23.6 Å². The number of amides is 1. The van der Waals surface area contributed by atoms with Gasteiger partial charge in [-0.2, -0.15) is 0 Å². The Labute approximate surface area is 111 Å². The van der Waals surface area contributed by atoms with Crippen molar-refractivity contribution in [2.45, 2.75) is 6.92 Å². The monoisotopic (exact) mass is 270 g/mol. The molecule has 5 heteroatoms. The van der Waals surface area contributed by atoms with Crippen LogP contribution in [0, 0.1) is 5.82 Å². The van der Waals surface area contributed by atoms with E-state index in [1.165, 1.54) is 18.2 Å². The fraction of sp³-hybridized carbons (Fsp3) is 0.462. The van der Waals surface area contributed by atoms with Gasteiger partial charge < -0.3 is 9.80 Å². The molecular formula is C13H16ClFN2O. The van der Waals surface area contributed by atoms with Crippen molar-refractivity contribution < 1.29 is 9.18 Å². The van der Waals surface area contributed by atoms with Gasteiger partial charge in [0.05, 0.1) is 10.6 Å². The molecule has 0 bridgehead atoms. The summed E-state index contributed by atoms with van der Waals surface area (Å²) in [7, 11) is 0.